The Hall–Kier alpha value is -3.25. The summed E-state index contributed by atoms with van der Waals surface area (Å²) in [5, 5.41) is 5.87. The number of aromatic nitrogens is 1. The molecule has 0 aliphatic carbocycles. The van der Waals surface area contributed by atoms with Gasteiger partial charge in [-0.25, -0.2) is 4.79 Å². The fourth-order valence-electron chi connectivity index (χ4n) is 3.04. The Kier molecular flexibility index (Phi) is 6.34. The van der Waals surface area contributed by atoms with E-state index in [1.54, 1.807) is 7.11 Å². The minimum Gasteiger partial charge on any atom is -0.497 e. The van der Waals surface area contributed by atoms with Crippen molar-refractivity contribution in [2.45, 2.75) is 6.04 Å². The zero-order valence-electron chi connectivity index (χ0n) is 16.4. The molecule has 0 saturated heterocycles. The highest BCUT2D eigenvalue weighted by Gasteiger charge is 2.15. The zero-order chi connectivity index (χ0) is 19.9. The van der Waals surface area contributed by atoms with Crippen molar-refractivity contribution < 1.29 is 9.53 Å². The van der Waals surface area contributed by atoms with E-state index in [0.717, 1.165) is 22.7 Å². The van der Waals surface area contributed by atoms with E-state index in [0.29, 0.717) is 6.54 Å². The molecule has 0 radical (unpaired) electrons. The van der Waals surface area contributed by atoms with Crippen LogP contribution in [-0.4, -0.2) is 43.2 Å². The Balaban J connectivity index is 1.61. The normalized spacial score (nSPS) is 11.9. The first-order chi connectivity index (χ1) is 13.6. The molecule has 6 nitrogen and oxygen atoms in total. The van der Waals surface area contributed by atoms with Crippen LogP contribution >= 0.6 is 0 Å². The smallest absolute Gasteiger partial charge is 0.319 e. The molecule has 1 aromatic heterocycles. The summed E-state index contributed by atoms with van der Waals surface area (Å²) in [5.74, 6) is 0.814. The van der Waals surface area contributed by atoms with Crippen molar-refractivity contribution in [3.63, 3.8) is 0 Å². The topological polar surface area (TPSA) is 58.5 Å². The number of carbonyl (C=O) groups is 1. The molecule has 0 aliphatic heterocycles. The van der Waals surface area contributed by atoms with E-state index < -0.39 is 0 Å². The first kappa shape index (κ1) is 19.5. The van der Waals surface area contributed by atoms with Gasteiger partial charge in [0.2, 0.25) is 0 Å². The molecule has 28 heavy (non-hydrogen) atoms. The van der Waals surface area contributed by atoms with E-state index in [1.807, 2.05) is 91.7 Å². The fourth-order valence-corrected chi connectivity index (χ4v) is 3.04. The molecule has 2 N–H and O–H groups in total. The summed E-state index contributed by atoms with van der Waals surface area (Å²) >= 11 is 0. The number of carbonyl (C=O) groups excluding carboxylic acids is 1. The van der Waals surface area contributed by atoms with Crippen molar-refractivity contribution in [2.75, 3.05) is 33.1 Å². The molecule has 146 valence electrons. The molecule has 2 aromatic carbocycles. The molecule has 3 rings (SSSR count). The summed E-state index contributed by atoms with van der Waals surface area (Å²) in [4.78, 5) is 14.5. The Labute approximate surface area is 165 Å². The Morgan fingerprint density at radius 3 is 2.43 bits per heavy atom. The minimum atomic E-state index is -0.231. The van der Waals surface area contributed by atoms with E-state index >= 15 is 0 Å². The highest BCUT2D eigenvalue weighted by Crippen LogP contribution is 2.21. The van der Waals surface area contributed by atoms with Crippen LogP contribution in [0, 0.1) is 0 Å². The maximum Gasteiger partial charge on any atom is 0.319 e. The second-order valence-corrected chi connectivity index (χ2v) is 6.73. The number of hydrogen-bond donors (Lipinski definition) is 2. The van der Waals surface area contributed by atoms with Crippen LogP contribution in [0.25, 0.3) is 5.69 Å². The summed E-state index contributed by atoms with van der Waals surface area (Å²) < 4.78 is 7.21. The number of hydrogen-bond acceptors (Lipinski definition) is 3. The van der Waals surface area contributed by atoms with Crippen molar-refractivity contribution in [2.24, 2.45) is 0 Å². The van der Waals surface area contributed by atoms with Gasteiger partial charge in [-0.2, -0.15) is 0 Å². The van der Waals surface area contributed by atoms with Crippen molar-refractivity contribution in [1.29, 1.82) is 0 Å². The predicted octanol–water partition coefficient (Wildman–Crippen LogP) is 3.91. The quantitative estimate of drug-likeness (QED) is 0.655. The monoisotopic (exact) mass is 378 g/mol. The second kappa shape index (κ2) is 9.10. The number of likely N-dealkylation sites (N-methyl/N-ethyl adjacent to an activating group) is 1. The Bertz CT molecular complexity index is 889. The van der Waals surface area contributed by atoms with E-state index in [1.165, 1.54) is 0 Å². The third-order valence-corrected chi connectivity index (χ3v) is 4.59. The van der Waals surface area contributed by atoms with Crippen molar-refractivity contribution in [3.05, 3.63) is 78.6 Å². The van der Waals surface area contributed by atoms with Gasteiger partial charge < -0.3 is 24.8 Å². The number of nitrogens with zero attached hydrogens (tertiary/aromatic N) is 2. The number of urea groups is 1. The van der Waals surface area contributed by atoms with Crippen LogP contribution in [0.5, 0.6) is 5.75 Å². The molecule has 0 bridgehead atoms. The Morgan fingerprint density at radius 2 is 1.79 bits per heavy atom. The lowest BCUT2D eigenvalue weighted by atomic mass is 10.1. The molecule has 3 aromatic rings. The summed E-state index contributed by atoms with van der Waals surface area (Å²) in [6.07, 6.45) is 3.94. The highest BCUT2D eigenvalue weighted by atomic mass is 16.5. The van der Waals surface area contributed by atoms with Gasteiger partial charge >= 0.3 is 6.03 Å². The van der Waals surface area contributed by atoms with Crippen LogP contribution in [0.3, 0.4) is 0 Å². The molecule has 0 spiro atoms. The molecule has 0 aliphatic rings. The lowest BCUT2D eigenvalue weighted by Gasteiger charge is -2.25. The van der Waals surface area contributed by atoms with Gasteiger partial charge in [-0.3, -0.25) is 0 Å². The number of nitrogens with one attached hydrogen (secondary N) is 2. The maximum atomic E-state index is 12.4. The van der Waals surface area contributed by atoms with Crippen LogP contribution in [0.15, 0.2) is 73.1 Å². The summed E-state index contributed by atoms with van der Waals surface area (Å²) in [6.45, 7) is 0.489. The first-order valence-corrected chi connectivity index (χ1v) is 9.15. The number of anilines is 1. The lowest BCUT2D eigenvalue weighted by molar-refractivity contribution is 0.243. The number of methoxy groups -OCH3 is 1. The molecular weight excluding hydrogens is 352 g/mol. The van der Waals surface area contributed by atoms with Crippen LogP contribution in [0.4, 0.5) is 10.5 Å². The van der Waals surface area contributed by atoms with Gasteiger partial charge in [0.1, 0.15) is 5.75 Å². The van der Waals surface area contributed by atoms with Crippen molar-refractivity contribution in [1.82, 2.24) is 14.8 Å². The SMILES string of the molecule is COc1ccc(C(CNC(=O)Nc2cccc(-n3cccc3)c2)N(C)C)cc1. The van der Waals surface area contributed by atoms with Gasteiger partial charge in [-0.05, 0) is 62.1 Å². The second-order valence-electron chi connectivity index (χ2n) is 6.73. The van der Waals surface area contributed by atoms with Gasteiger partial charge in [-0.1, -0.05) is 18.2 Å². The van der Waals surface area contributed by atoms with Crippen molar-refractivity contribution >= 4 is 11.7 Å². The third kappa shape index (κ3) is 4.92. The summed E-state index contributed by atoms with van der Waals surface area (Å²) in [6, 6.07) is 19.4. The van der Waals surface area contributed by atoms with E-state index in [9.17, 15) is 4.79 Å². The molecule has 1 heterocycles. The zero-order valence-corrected chi connectivity index (χ0v) is 16.4. The van der Waals surface area contributed by atoms with E-state index in [4.69, 9.17) is 4.74 Å². The summed E-state index contributed by atoms with van der Waals surface area (Å²) in [7, 11) is 5.64. The predicted molar refractivity (Wildman–Crippen MR) is 112 cm³/mol. The molecule has 2 amide bonds. The van der Waals surface area contributed by atoms with Gasteiger partial charge in [0.15, 0.2) is 0 Å². The number of amides is 2. The van der Waals surface area contributed by atoms with Crippen LogP contribution < -0.4 is 15.4 Å². The standard InChI is InChI=1S/C22H26N4O2/c1-25(2)21(17-9-11-20(28-3)12-10-17)16-23-22(27)24-18-7-6-8-19(15-18)26-13-4-5-14-26/h4-15,21H,16H2,1-3H3,(H2,23,24,27). The number of rotatable bonds is 7. The van der Waals surface area contributed by atoms with Gasteiger partial charge in [0, 0.05) is 30.3 Å². The van der Waals surface area contributed by atoms with Gasteiger partial charge in [0.05, 0.1) is 13.2 Å². The molecule has 0 saturated carbocycles. The molecule has 1 atom stereocenters. The molecule has 1 unspecified atom stereocenters. The van der Waals surface area contributed by atoms with E-state index in [-0.39, 0.29) is 12.1 Å². The average molecular weight is 378 g/mol. The summed E-state index contributed by atoms with van der Waals surface area (Å²) in [5.41, 5.74) is 2.85. The van der Waals surface area contributed by atoms with Crippen LogP contribution in [0.1, 0.15) is 11.6 Å². The van der Waals surface area contributed by atoms with Crippen molar-refractivity contribution in [3.8, 4) is 11.4 Å². The van der Waals surface area contributed by atoms with E-state index in [2.05, 4.69) is 15.5 Å². The lowest BCUT2D eigenvalue weighted by Crippen LogP contribution is -2.36. The minimum absolute atomic E-state index is 0.0582. The maximum absolute atomic E-state index is 12.4. The van der Waals surface area contributed by atoms with Gasteiger partial charge in [0.25, 0.3) is 0 Å². The highest BCUT2D eigenvalue weighted by molar-refractivity contribution is 5.89. The fraction of sp³-hybridized carbons (Fsp3) is 0.227. The molecule has 0 fully saturated rings. The largest absolute Gasteiger partial charge is 0.497 e. The van der Waals surface area contributed by atoms with Gasteiger partial charge in [-0.15, -0.1) is 0 Å². The average Bonchev–Trinajstić information content (AvgIpc) is 3.23. The molecule has 6 heteroatoms. The third-order valence-electron chi connectivity index (χ3n) is 4.59. The first-order valence-electron chi connectivity index (χ1n) is 9.15. The number of benzene rings is 2. The molecular formula is C22H26N4O2. The van der Waals surface area contributed by atoms with Crippen LogP contribution in [0.2, 0.25) is 0 Å². The Morgan fingerprint density at radius 1 is 1.07 bits per heavy atom. The van der Waals surface area contributed by atoms with Crippen LogP contribution in [-0.2, 0) is 0 Å². The number of ether oxygens (including phenoxy) is 1.